The molecular weight excluding hydrogens is 190 g/mol. The van der Waals surface area contributed by atoms with E-state index in [1.54, 1.807) is 4.90 Å². The molecule has 1 saturated heterocycles. The third kappa shape index (κ3) is 2.69. The highest BCUT2D eigenvalue weighted by Gasteiger charge is 2.33. The number of carbonyl (C=O) groups is 1. The van der Waals surface area contributed by atoms with Crippen molar-refractivity contribution in [3.05, 3.63) is 0 Å². The van der Waals surface area contributed by atoms with Crippen molar-refractivity contribution in [3.63, 3.8) is 0 Å². The van der Waals surface area contributed by atoms with Crippen molar-refractivity contribution in [1.82, 2.24) is 9.80 Å². The smallest absolute Gasteiger partial charge is 0.220 e. The lowest BCUT2D eigenvalue weighted by molar-refractivity contribution is -0.133. The second-order valence-corrected chi connectivity index (χ2v) is 4.97. The Bertz CT molecular complexity index is 287. The van der Waals surface area contributed by atoms with Crippen molar-refractivity contribution >= 4 is 5.91 Å². The third-order valence-electron chi connectivity index (χ3n) is 2.88. The zero-order valence-corrected chi connectivity index (χ0v) is 9.95. The Morgan fingerprint density at radius 1 is 1.40 bits per heavy atom. The first kappa shape index (κ1) is 12.0. The van der Waals surface area contributed by atoms with Crippen molar-refractivity contribution in [1.29, 1.82) is 5.26 Å². The fourth-order valence-electron chi connectivity index (χ4n) is 1.88. The maximum absolute atomic E-state index is 11.3. The van der Waals surface area contributed by atoms with E-state index in [2.05, 4.69) is 31.7 Å². The summed E-state index contributed by atoms with van der Waals surface area (Å²) in [6.45, 7) is 10.1. The fourth-order valence-corrected chi connectivity index (χ4v) is 1.88. The van der Waals surface area contributed by atoms with E-state index < -0.39 is 0 Å². The zero-order chi connectivity index (χ0) is 11.6. The van der Waals surface area contributed by atoms with Crippen molar-refractivity contribution in [2.24, 2.45) is 0 Å². The molecule has 1 aliphatic rings. The largest absolute Gasteiger partial charge is 0.324 e. The average Bonchev–Trinajstić information content (AvgIpc) is 2.15. The molecule has 0 aromatic carbocycles. The van der Waals surface area contributed by atoms with Gasteiger partial charge in [0.1, 0.15) is 6.04 Å². The molecule has 84 valence electrons. The number of nitriles is 1. The molecule has 1 amide bonds. The number of carbonyl (C=O) groups excluding carboxylic acids is 1. The quantitative estimate of drug-likeness (QED) is 0.594. The lowest BCUT2D eigenvalue weighted by Gasteiger charge is -2.44. The van der Waals surface area contributed by atoms with E-state index in [0.717, 1.165) is 6.54 Å². The second-order valence-electron chi connectivity index (χ2n) is 4.97. The van der Waals surface area contributed by atoms with Crippen LogP contribution in [0.3, 0.4) is 0 Å². The molecular formula is C11H19N3O. The van der Waals surface area contributed by atoms with Gasteiger partial charge in [-0.05, 0) is 20.8 Å². The first-order valence-electron chi connectivity index (χ1n) is 5.28. The molecule has 4 nitrogen and oxygen atoms in total. The summed E-state index contributed by atoms with van der Waals surface area (Å²) < 4.78 is 0. The molecule has 0 radical (unpaired) electrons. The van der Waals surface area contributed by atoms with Gasteiger partial charge in [0.25, 0.3) is 0 Å². The minimum absolute atomic E-state index is 0.00453. The molecule has 1 rings (SSSR count). The molecule has 1 atom stereocenters. The molecule has 1 heterocycles. The van der Waals surface area contributed by atoms with E-state index >= 15 is 0 Å². The van der Waals surface area contributed by atoms with Crippen LogP contribution in [0.2, 0.25) is 0 Å². The summed E-state index contributed by atoms with van der Waals surface area (Å²) in [5.74, 6) is -0.00453. The number of amides is 1. The first-order valence-corrected chi connectivity index (χ1v) is 5.28. The van der Waals surface area contributed by atoms with E-state index in [4.69, 9.17) is 5.26 Å². The van der Waals surface area contributed by atoms with Gasteiger partial charge < -0.3 is 4.90 Å². The van der Waals surface area contributed by atoms with Crippen molar-refractivity contribution in [2.45, 2.75) is 39.3 Å². The number of rotatable bonds is 0. The number of nitrogens with zero attached hydrogens (tertiary/aromatic N) is 3. The maximum Gasteiger partial charge on any atom is 0.220 e. The van der Waals surface area contributed by atoms with Crippen molar-refractivity contribution in [3.8, 4) is 6.07 Å². The molecule has 0 bridgehead atoms. The highest BCUT2D eigenvalue weighted by Crippen LogP contribution is 2.19. The highest BCUT2D eigenvalue weighted by atomic mass is 16.2. The van der Waals surface area contributed by atoms with E-state index in [0.29, 0.717) is 13.1 Å². The average molecular weight is 209 g/mol. The summed E-state index contributed by atoms with van der Waals surface area (Å²) in [6.07, 6.45) is 0. The van der Waals surface area contributed by atoms with Crippen LogP contribution in [0.1, 0.15) is 27.7 Å². The van der Waals surface area contributed by atoms with Gasteiger partial charge in [0.15, 0.2) is 0 Å². The van der Waals surface area contributed by atoms with Crippen LogP contribution < -0.4 is 0 Å². The predicted molar refractivity (Wildman–Crippen MR) is 58.1 cm³/mol. The molecule has 0 aromatic heterocycles. The first-order chi connectivity index (χ1) is 6.86. The molecule has 4 heteroatoms. The highest BCUT2D eigenvalue weighted by molar-refractivity contribution is 5.74. The van der Waals surface area contributed by atoms with Crippen LogP contribution in [-0.4, -0.2) is 46.9 Å². The number of hydrogen-bond acceptors (Lipinski definition) is 3. The van der Waals surface area contributed by atoms with Crippen LogP contribution in [0, 0.1) is 11.3 Å². The predicted octanol–water partition coefficient (Wildman–Crippen LogP) is 0.841. The Labute approximate surface area is 91.5 Å². The van der Waals surface area contributed by atoms with Gasteiger partial charge >= 0.3 is 0 Å². The Kier molecular flexibility index (Phi) is 3.35. The molecule has 0 spiro atoms. The normalized spacial score (nSPS) is 23.7. The summed E-state index contributed by atoms with van der Waals surface area (Å²) >= 11 is 0. The second kappa shape index (κ2) is 4.19. The number of hydrogen-bond donors (Lipinski definition) is 0. The molecule has 0 aliphatic carbocycles. The molecule has 1 aliphatic heterocycles. The Hall–Kier alpha value is -1.08. The van der Waals surface area contributed by atoms with Crippen molar-refractivity contribution < 1.29 is 4.79 Å². The molecule has 0 saturated carbocycles. The molecule has 1 unspecified atom stereocenters. The summed E-state index contributed by atoms with van der Waals surface area (Å²) in [5.41, 5.74) is 0.0674. The third-order valence-corrected chi connectivity index (χ3v) is 2.88. The Morgan fingerprint density at radius 3 is 2.40 bits per heavy atom. The van der Waals surface area contributed by atoms with E-state index in [-0.39, 0.29) is 17.5 Å². The topological polar surface area (TPSA) is 47.3 Å². The van der Waals surface area contributed by atoms with Gasteiger partial charge in [-0.15, -0.1) is 0 Å². The van der Waals surface area contributed by atoms with Crippen LogP contribution in [0.4, 0.5) is 0 Å². The van der Waals surface area contributed by atoms with Gasteiger partial charge in [-0.3, -0.25) is 9.69 Å². The molecule has 0 aromatic rings. The summed E-state index contributed by atoms with van der Waals surface area (Å²) in [5, 5.41) is 9.02. The van der Waals surface area contributed by atoms with Crippen LogP contribution in [-0.2, 0) is 4.79 Å². The zero-order valence-electron chi connectivity index (χ0n) is 9.95. The monoisotopic (exact) mass is 209 g/mol. The van der Waals surface area contributed by atoms with Crippen LogP contribution in [0.5, 0.6) is 0 Å². The fraction of sp³-hybridized carbons (Fsp3) is 0.818. The summed E-state index contributed by atoms with van der Waals surface area (Å²) in [6, 6.07) is 1.90. The van der Waals surface area contributed by atoms with Crippen molar-refractivity contribution in [2.75, 3.05) is 19.6 Å². The maximum atomic E-state index is 11.3. The van der Waals surface area contributed by atoms with Gasteiger partial charge in [-0.25, -0.2) is 0 Å². The van der Waals surface area contributed by atoms with Crippen LogP contribution >= 0.6 is 0 Å². The Morgan fingerprint density at radius 2 is 2.00 bits per heavy atom. The molecule has 1 fully saturated rings. The summed E-state index contributed by atoms with van der Waals surface area (Å²) in [4.78, 5) is 15.2. The van der Waals surface area contributed by atoms with Gasteiger partial charge in [-0.1, -0.05) is 0 Å². The van der Waals surface area contributed by atoms with Gasteiger partial charge in [0, 0.05) is 32.1 Å². The lowest BCUT2D eigenvalue weighted by atomic mass is 10.0. The van der Waals surface area contributed by atoms with Crippen LogP contribution in [0.15, 0.2) is 0 Å². The Balaban J connectivity index is 2.72. The summed E-state index contributed by atoms with van der Waals surface area (Å²) in [7, 11) is 0. The molecule has 15 heavy (non-hydrogen) atoms. The minimum atomic E-state index is -0.296. The number of piperazine rings is 1. The molecule has 0 N–H and O–H groups in total. The van der Waals surface area contributed by atoms with Crippen LogP contribution in [0.25, 0.3) is 0 Å². The van der Waals surface area contributed by atoms with E-state index in [1.807, 2.05) is 0 Å². The van der Waals surface area contributed by atoms with E-state index in [9.17, 15) is 4.79 Å². The van der Waals surface area contributed by atoms with E-state index in [1.165, 1.54) is 6.92 Å². The van der Waals surface area contributed by atoms with Gasteiger partial charge in [0.2, 0.25) is 5.91 Å². The lowest BCUT2D eigenvalue weighted by Crippen LogP contribution is -2.58. The van der Waals surface area contributed by atoms with Gasteiger partial charge in [0.05, 0.1) is 6.07 Å². The SMILES string of the molecule is CC(=O)N1CCN(C(C)(C)C)CC1C#N. The standard InChI is InChI=1S/C11H19N3O/c1-9(15)14-6-5-13(11(2,3)4)8-10(14)7-12/h10H,5-6,8H2,1-4H3. The minimum Gasteiger partial charge on any atom is -0.324 e. The van der Waals surface area contributed by atoms with Gasteiger partial charge in [-0.2, -0.15) is 5.26 Å².